The minimum Gasteiger partial charge on any atom is -0.340 e. The lowest BCUT2D eigenvalue weighted by atomic mass is 10.1. The van der Waals surface area contributed by atoms with Gasteiger partial charge < -0.3 is 9.80 Å². The third kappa shape index (κ3) is 4.79. The molecule has 19 heavy (non-hydrogen) atoms. The molecule has 1 atom stereocenters. The number of hydrogen-bond donors (Lipinski definition) is 0. The second kappa shape index (κ2) is 7.88. The molecule has 0 radical (unpaired) electrons. The van der Waals surface area contributed by atoms with Gasteiger partial charge in [-0.1, -0.05) is 19.3 Å². The summed E-state index contributed by atoms with van der Waals surface area (Å²) in [4.78, 5) is 16.8. The number of hydrogen-bond acceptors (Lipinski definition) is 2. The molecule has 0 aliphatic carbocycles. The minimum atomic E-state index is 0.390. The molecule has 3 heteroatoms. The molecule has 2 saturated heterocycles. The maximum absolute atomic E-state index is 12.1. The molecule has 2 rings (SSSR count). The predicted molar refractivity (Wildman–Crippen MR) is 79.2 cm³/mol. The average Bonchev–Trinajstić information content (AvgIpc) is 2.78. The third-order valence-corrected chi connectivity index (χ3v) is 4.70. The number of rotatable bonds is 4. The fraction of sp³-hybridized carbons (Fsp3) is 0.938. The Morgan fingerprint density at radius 3 is 2.32 bits per heavy atom. The lowest BCUT2D eigenvalue weighted by Crippen LogP contribution is -2.40. The fourth-order valence-corrected chi connectivity index (χ4v) is 3.35. The van der Waals surface area contributed by atoms with E-state index in [2.05, 4.69) is 16.7 Å². The van der Waals surface area contributed by atoms with Gasteiger partial charge in [-0.3, -0.25) is 4.79 Å². The summed E-state index contributed by atoms with van der Waals surface area (Å²) in [6.07, 6.45) is 10.9. The molecular weight excluding hydrogens is 236 g/mol. The quantitative estimate of drug-likeness (QED) is 0.781. The largest absolute Gasteiger partial charge is 0.340 e. The van der Waals surface area contributed by atoms with Gasteiger partial charge in [0.25, 0.3) is 0 Å². The predicted octanol–water partition coefficient (Wildman–Crippen LogP) is 3.04. The summed E-state index contributed by atoms with van der Waals surface area (Å²) in [5.74, 6) is 0.390. The van der Waals surface area contributed by atoms with Crippen molar-refractivity contribution in [1.82, 2.24) is 9.80 Å². The number of nitrogens with zero attached hydrogens (tertiary/aromatic N) is 2. The van der Waals surface area contributed by atoms with Gasteiger partial charge in [0.2, 0.25) is 5.91 Å². The summed E-state index contributed by atoms with van der Waals surface area (Å²) < 4.78 is 0. The average molecular weight is 266 g/mol. The van der Waals surface area contributed by atoms with Crippen molar-refractivity contribution in [3.8, 4) is 0 Å². The summed E-state index contributed by atoms with van der Waals surface area (Å²) in [7, 11) is 0. The van der Waals surface area contributed by atoms with Crippen molar-refractivity contribution < 1.29 is 4.79 Å². The highest BCUT2D eigenvalue weighted by atomic mass is 16.2. The van der Waals surface area contributed by atoms with E-state index in [4.69, 9.17) is 0 Å². The first-order valence-corrected chi connectivity index (χ1v) is 8.29. The molecule has 0 bridgehead atoms. The Kier molecular flexibility index (Phi) is 6.15. The Bertz CT molecular complexity index is 272. The molecule has 0 aromatic heterocycles. The molecule has 0 N–H and O–H groups in total. The van der Waals surface area contributed by atoms with Crippen molar-refractivity contribution in [1.29, 1.82) is 0 Å². The molecule has 1 unspecified atom stereocenters. The van der Waals surface area contributed by atoms with Gasteiger partial charge in [-0.15, -0.1) is 0 Å². The van der Waals surface area contributed by atoms with Gasteiger partial charge in [-0.05, 0) is 52.1 Å². The van der Waals surface area contributed by atoms with E-state index in [0.717, 1.165) is 25.8 Å². The van der Waals surface area contributed by atoms with E-state index >= 15 is 0 Å². The molecule has 2 aliphatic rings. The van der Waals surface area contributed by atoms with Crippen LogP contribution >= 0.6 is 0 Å². The Morgan fingerprint density at radius 1 is 0.947 bits per heavy atom. The molecule has 2 heterocycles. The summed E-state index contributed by atoms with van der Waals surface area (Å²) in [5.41, 5.74) is 0. The highest BCUT2D eigenvalue weighted by Gasteiger charge is 2.22. The Labute approximate surface area is 118 Å². The maximum Gasteiger partial charge on any atom is 0.222 e. The van der Waals surface area contributed by atoms with Crippen molar-refractivity contribution in [3.63, 3.8) is 0 Å². The van der Waals surface area contributed by atoms with Crippen molar-refractivity contribution >= 4 is 5.91 Å². The summed E-state index contributed by atoms with van der Waals surface area (Å²) in [5, 5.41) is 0. The highest BCUT2D eigenvalue weighted by Crippen LogP contribution is 2.17. The van der Waals surface area contributed by atoms with Crippen LogP contribution in [0.3, 0.4) is 0 Å². The van der Waals surface area contributed by atoms with Crippen LogP contribution in [0.5, 0.6) is 0 Å². The molecule has 2 aliphatic heterocycles. The van der Waals surface area contributed by atoms with Crippen molar-refractivity contribution in [2.75, 3.05) is 26.2 Å². The second-order valence-corrected chi connectivity index (χ2v) is 6.29. The highest BCUT2D eigenvalue weighted by molar-refractivity contribution is 5.76. The van der Waals surface area contributed by atoms with Gasteiger partial charge >= 0.3 is 0 Å². The fourth-order valence-electron chi connectivity index (χ4n) is 3.35. The zero-order valence-corrected chi connectivity index (χ0v) is 12.6. The Balaban J connectivity index is 1.75. The van der Waals surface area contributed by atoms with E-state index in [1.54, 1.807) is 0 Å². The van der Waals surface area contributed by atoms with Crippen LogP contribution in [0.15, 0.2) is 0 Å². The smallest absolute Gasteiger partial charge is 0.222 e. The third-order valence-electron chi connectivity index (χ3n) is 4.70. The Morgan fingerprint density at radius 2 is 1.58 bits per heavy atom. The normalized spacial score (nSPS) is 24.9. The Hall–Kier alpha value is -0.570. The lowest BCUT2D eigenvalue weighted by Gasteiger charge is -2.30. The first-order chi connectivity index (χ1) is 9.27. The number of carbonyl (C=O) groups excluding carboxylic acids is 1. The van der Waals surface area contributed by atoms with E-state index in [-0.39, 0.29) is 0 Å². The van der Waals surface area contributed by atoms with E-state index in [1.165, 1.54) is 58.2 Å². The molecular formula is C16H30N2O. The van der Waals surface area contributed by atoms with Crippen LogP contribution in [0.4, 0.5) is 0 Å². The molecule has 0 spiro atoms. The van der Waals surface area contributed by atoms with Gasteiger partial charge in [0.1, 0.15) is 0 Å². The van der Waals surface area contributed by atoms with Gasteiger partial charge in [0, 0.05) is 25.6 Å². The second-order valence-electron chi connectivity index (χ2n) is 6.29. The molecule has 3 nitrogen and oxygen atoms in total. The molecule has 0 aromatic carbocycles. The summed E-state index contributed by atoms with van der Waals surface area (Å²) in [6.45, 7) is 6.92. The minimum absolute atomic E-state index is 0.390. The van der Waals surface area contributed by atoms with Crippen LogP contribution in [0.25, 0.3) is 0 Å². The van der Waals surface area contributed by atoms with Gasteiger partial charge in [0.05, 0.1) is 0 Å². The van der Waals surface area contributed by atoms with Crippen LogP contribution in [0.2, 0.25) is 0 Å². The first-order valence-electron chi connectivity index (χ1n) is 8.29. The van der Waals surface area contributed by atoms with Crippen LogP contribution in [0, 0.1) is 0 Å². The topological polar surface area (TPSA) is 23.6 Å². The van der Waals surface area contributed by atoms with Crippen molar-refractivity contribution in [3.05, 3.63) is 0 Å². The van der Waals surface area contributed by atoms with Crippen LogP contribution in [0.1, 0.15) is 64.7 Å². The van der Waals surface area contributed by atoms with Crippen LogP contribution in [-0.2, 0) is 4.79 Å². The molecule has 0 aromatic rings. The maximum atomic E-state index is 12.1. The van der Waals surface area contributed by atoms with E-state index < -0.39 is 0 Å². The van der Waals surface area contributed by atoms with Gasteiger partial charge in [0.15, 0.2) is 0 Å². The standard InChI is InChI=1S/C16H30N2O/c1-15(18-13-8-4-5-9-16(18)19)10-14-17-11-6-2-3-7-12-17/h15H,2-14H2,1H3. The SMILES string of the molecule is CC(CCN1CCCCCC1)N1CCCCCC1=O. The number of likely N-dealkylation sites (tertiary alicyclic amines) is 2. The van der Waals surface area contributed by atoms with Gasteiger partial charge in [-0.25, -0.2) is 0 Å². The zero-order chi connectivity index (χ0) is 13.5. The zero-order valence-electron chi connectivity index (χ0n) is 12.6. The van der Waals surface area contributed by atoms with E-state index in [0.29, 0.717) is 11.9 Å². The summed E-state index contributed by atoms with van der Waals surface area (Å²) in [6, 6.07) is 0.425. The lowest BCUT2D eigenvalue weighted by molar-refractivity contribution is -0.132. The van der Waals surface area contributed by atoms with Crippen molar-refractivity contribution in [2.24, 2.45) is 0 Å². The van der Waals surface area contributed by atoms with Crippen molar-refractivity contribution in [2.45, 2.75) is 70.8 Å². The first kappa shape index (κ1) is 14.8. The number of carbonyl (C=O) groups is 1. The monoisotopic (exact) mass is 266 g/mol. The van der Waals surface area contributed by atoms with Gasteiger partial charge in [-0.2, -0.15) is 0 Å². The molecule has 1 amide bonds. The molecule has 2 fully saturated rings. The van der Waals surface area contributed by atoms with E-state index in [9.17, 15) is 4.79 Å². The van der Waals surface area contributed by atoms with E-state index in [1.807, 2.05) is 0 Å². The van der Waals surface area contributed by atoms with Crippen LogP contribution < -0.4 is 0 Å². The number of amides is 1. The molecule has 110 valence electrons. The summed E-state index contributed by atoms with van der Waals surface area (Å²) >= 11 is 0. The van der Waals surface area contributed by atoms with Crippen LogP contribution in [-0.4, -0.2) is 47.9 Å². The molecule has 0 saturated carbocycles.